The van der Waals surface area contributed by atoms with Gasteiger partial charge >= 0.3 is 0 Å². The van der Waals surface area contributed by atoms with Crippen LogP contribution in [-0.2, 0) is 22.7 Å². The zero-order valence-electron chi connectivity index (χ0n) is 20.4. The summed E-state index contributed by atoms with van der Waals surface area (Å²) in [7, 11) is 0. The van der Waals surface area contributed by atoms with Gasteiger partial charge in [0.15, 0.2) is 0 Å². The number of halogens is 1. The molecule has 8 nitrogen and oxygen atoms in total. The Morgan fingerprint density at radius 1 is 1.08 bits per heavy atom. The van der Waals surface area contributed by atoms with Crippen LogP contribution in [0.4, 0.5) is 0 Å². The van der Waals surface area contributed by atoms with Crippen LogP contribution < -0.4 is 15.8 Å². The van der Waals surface area contributed by atoms with Crippen molar-refractivity contribution in [3.63, 3.8) is 0 Å². The minimum absolute atomic E-state index is 0.00481. The molecule has 4 rings (SSSR count). The van der Waals surface area contributed by atoms with E-state index in [-0.39, 0.29) is 11.7 Å². The van der Waals surface area contributed by atoms with Gasteiger partial charge in [-0.25, -0.2) is 4.68 Å². The number of carbonyl (C=O) groups excluding carboxylic acids is 1. The SMILES string of the molecule is CCO[C@@H](C(=O)NCc1ccc(C(=N)N)cc1)n1ccc(-c2cc(Cl)ccc2OCc2ccccc2)n1. The van der Waals surface area contributed by atoms with Crippen LogP contribution in [0.2, 0.25) is 5.02 Å². The Morgan fingerprint density at radius 3 is 2.54 bits per heavy atom. The van der Waals surface area contributed by atoms with E-state index in [9.17, 15) is 4.79 Å². The second-order valence-corrected chi connectivity index (χ2v) is 8.67. The Kier molecular flexibility index (Phi) is 8.56. The number of carbonyl (C=O) groups is 1. The number of benzene rings is 3. The maximum Gasteiger partial charge on any atom is 0.272 e. The molecule has 9 heteroatoms. The number of nitrogens with two attached hydrogens (primary N) is 1. The van der Waals surface area contributed by atoms with E-state index in [1.807, 2.05) is 55.5 Å². The standard InChI is InChI=1S/C28H28ClN5O3/c1-2-36-28(27(35)32-17-19-8-10-21(11-9-19)26(30)31)34-15-14-24(33-34)23-16-22(29)12-13-25(23)37-18-20-6-4-3-5-7-20/h3-16,28H,2,17-18H2,1H3,(H3,30,31)(H,32,35)/t28-/m0/s1. The number of amides is 1. The summed E-state index contributed by atoms with van der Waals surface area (Å²) in [6.07, 6.45) is 0.738. The first kappa shape index (κ1) is 25.9. The first-order valence-electron chi connectivity index (χ1n) is 11.8. The van der Waals surface area contributed by atoms with Gasteiger partial charge in [-0.15, -0.1) is 0 Å². The van der Waals surface area contributed by atoms with E-state index in [1.165, 1.54) is 4.68 Å². The van der Waals surface area contributed by atoms with Crippen LogP contribution in [0.25, 0.3) is 11.3 Å². The zero-order chi connectivity index (χ0) is 26.2. The van der Waals surface area contributed by atoms with Gasteiger partial charge < -0.3 is 20.5 Å². The van der Waals surface area contributed by atoms with Crippen molar-refractivity contribution in [3.05, 3.63) is 107 Å². The van der Waals surface area contributed by atoms with Crippen molar-refractivity contribution in [2.75, 3.05) is 6.61 Å². The second-order valence-electron chi connectivity index (χ2n) is 8.23. The molecule has 0 bridgehead atoms. The molecule has 1 aromatic heterocycles. The van der Waals surface area contributed by atoms with E-state index in [0.717, 1.165) is 11.1 Å². The normalized spacial score (nSPS) is 11.6. The Hall–Kier alpha value is -4.14. The van der Waals surface area contributed by atoms with E-state index in [0.29, 0.717) is 47.4 Å². The molecule has 4 aromatic rings. The van der Waals surface area contributed by atoms with Gasteiger partial charge in [0.1, 0.15) is 18.2 Å². The molecule has 37 heavy (non-hydrogen) atoms. The smallest absolute Gasteiger partial charge is 0.272 e. The molecule has 0 saturated carbocycles. The average molecular weight is 518 g/mol. The number of aromatic nitrogens is 2. The number of hydrogen-bond donors (Lipinski definition) is 3. The maximum atomic E-state index is 13.0. The summed E-state index contributed by atoms with van der Waals surface area (Å²) in [5.74, 6) is 0.290. The zero-order valence-corrected chi connectivity index (χ0v) is 21.1. The highest BCUT2D eigenvalue weighted by Crippen LogP contribution is 2.32. The Morgan fingerprint density at radius 2 is 1.84 bits per heavy atom. The predicted molar refractivity (Wildman–Crippen MR) is 143 cm³/mol. The fourth-order valence-electron chi connectivity index (χ4n) is 3.68. The fraction of sp³-hybridized carbons (Fsp3) is 0.179. The van der Waals surface area contributed by atoms with Gasteiger partial charge in [0, 0.05) is 35.5 Å². The van der Waals surface area contributed by atoms with Crippen LogP contribution in [0.1, 0.15) is 29.8 Å². The first-order chi connectivity index (χ1) is 17.9. The van der Waals surface area contributed by atoms with Gasteiger partial charge in [0.05, 0.1) is 5.69 Å². The highest BCUT2D eigenvalue weighted by atomic mass is 35.5. The van der Waals surface area contributed by atoms with Crippen LogP contribution in [0.15, 0.2) is 85.1 Å². The summed E-state index contributed by atoms with van der Waals surface area (Å²) in [5.41, 5.74) is 9.35. The molecule has 1 atom stereocenters. The molecule has 1 heterocycles. The highest BCUT2D eigenvalue weighted by Gasteiger charge is 2.22. The molecule has 0 fully saturated rings. The lowest BCUT2D eigenvalue weighted by Gasteiger charge is -2.17. The summed E-state index contributed by atoms with van der Waals surface area (Å²) < 4.78 is 13.3. The lowest BCUT2D eigenvalue weighted by atomic mass is 10.1. The molecular weight excluding hydrogens is 490 g/mol. The monoisotopic (exact) mass is 517 g/mol. The van der Waals surface area contributed by atoms with E-state index >= 15 is 0 Å². The fourth-order valence-corrected chi connectivity index (χ4v) is 3.86. The summed E-state index contributed by atoms with van der Waals surface area (Å²) in [5, 5.41) is 15.5. The van der Waals surface area contributed by atoms with Crippen LogP contribution in [0, 0.1) is 5.41 Å². The third-order valence-electron chi connectivity index (χ3n) is 5.58. The molecule has 4 N–H and O–H groups in total. The molecule has 3 aromatic carbocycles. The molecule has 1 amide bonds. The van der Waals surface area contributed by atoms with Crippen molar-refractivity contribution in [3.8, 4) is 17.0 Å². The molecule has 0 unspecified atom stereocenters. The third kappa shape index (κ3) is 6.75. The molecule has 0 radical (unpaired) electrons. The van der Waals surface area contributed by atoms with Gasteiger partial charge in [-0.1, -0.05) is 66.2 Å². The minimum Gasteiger partial charge on any atom is -0.488 e. The van der Waals surface area contributed by atoms with E-state index in [2.05, 4.69) is 10.4 Å². The van der Waals surface area contributed by atoms with Crippen molar-refractivity contribution >= 4 is 23.3 Å². The van der Waals surface area contributed by atoms with E-state index in [1.54, 1.807) is 36.5 Å². The van der Waals surface area contributed by atoms with Crippen molar-refractivity contribution in [2.45, 2.75) is 26.3 Å². The lowest BCUT2D eigenvalue weighted by Crippen LogP contribution is -2.34. The molecular formula is C28H28ClN5O3. The molecule has 190 valence electrons. The van der Waals surface area contributed by atoms with E-state index in [4.69, 9.17) is 32.2 Å². The minimum atomic E-state index is -0.955. The van der Waals surface area contributed by atoms with Crippen LogP contribution in [0.3, 0.4) is 0 Å². The number of nitrogen functional groups attached to an aromatic ring is 1. The number of hydrogen-bond acceptors (Lipinski definition) is 5. The van der Waals surface area contributed by atoms with Crippen molar-refractivity contribution in [1.29, 1.82) is 5.41 Å². The molecule has 0 aliphatic heterocycles. The molecule has 0 aliphatic rings. The van der Waals surface area contributed by atoms with E-state index < -0.39 is 6.23 Å². The van der Waals surface area contributed by atoms with Gasteiger partial charge in [-0.2, -0.15) is 5.10 Å². The summed E-state index contributed by atoms with van der Waals surface area (Å²) in [6, 6.07) is 24.1. The third-order valence-corrected chi connectivity index (χ3v) is 5.82. The number of ether oxygens (including phenoxy) is 2. The molecule has 0 saturated heterocycles. The Labute approximate surface area is 220 Å². The van der Waals surface area contributed by atoms with Crippen molar-refractivity contribution in [2.24, 2.45) is 5.73 Å². The number of rotatable bonds is 11. The van der Waals surface area contributed by atoms with Crippen molar-refractivity contribution in [1.82, 2.24) is 15.1 Å². The highest BCUT2D eigenvalue weighted by molar-refractivity contribution is 6.31. The second kappa shape index (κ2) is 12.2. The topological polar surface area (TPSA) is 115 Å². The van der Waals surface area contributed by atoms with Crippen LogP contribution >= 0.6 is 11.6 Å². The number of nitrogens with zero attached hydrogens (tertiary/aromatic N) is 2. The van der Waals surface area contributed by atoms with Gasteiger partial charge in [-0.05, 0) is 42.3 Å². The van der Waals surface area contributed by atoms with Gasteiger partial charge in [-0.3, -0.25) is 10.2 Å². The molecule has 0 spiro atoms. The number of nitrogens with one attached hydrogen (secondary N) is 2. The summed E-state index contributed by atoms with van der Waals surface area (Å²) >= 11 is 6.28. The number of amidine groups is 1. The van der Waals surface area contributed by atoms with Gasteiger partial charge in [0.25, 0.3) is 5.91 Å². The predicted octanol–water partition coefficient (Wildman–Crippen LogP) is 4.92. The Bertz CT molecular complexity index is 1360. The van der Waals surface area contributed by atoms with Crippen LogP contribution in [0.5, 0.6) is 5.75 Å². The first-order valence-corrected chi connectivity index (χ1v) is 12.2. The summed E-state index contributed by atoms with van der Waals surface area (Å²) in [4.78, 5) is 13.0. The van der Waals surface area contributed by atoms with Crippen LogP contribution in [-0.4, -0.2) is 28.1 Å². The summed E-state index contributed by atoms with van der Waals surface area (Å²) in [6.45, 7) is 2.83. The average Bonchev–Trinajstić information content (AvgIpc) is 3.40. The Balaban J connectivity index is 1.49. The lowest BCUT2D eigenvalue weighted by molar-refractivity contribution is -0.139. The largest absolute Gasteiger partial charge is 0.488 e. The quantitative estimate of drug-likeness (QED) is 0.193. The maximum absolute atomic E-state index is 13.0. The molecule has 0 aliphatic carbocycles. The van der Waals surface area contributed by atoms with Gasteiger partial charge in [0.2, 0.25) is 6.23 Å². The van der Waals surface area contributed by atoms with Crippen molar-refractivity contribution < 1.29 is 14.3 Å².